The fourth-order valence-corrected chi connectivity index (χ4v) is 6.07. The lowest BCUT2D eigenvalue weighted by Gasteiger charge is -2.37. The molecule has 3 aromatic rings. The molecule has 0 aliphatic carbocycles. The molecule has 0 atom stereocenters. The average molecular weight is 415 g/mol. The topological polar surface area (TPSA) is 73.0 Å². The van der Waals surface area contributed by atoms with Gasteiger partial charge in [0.1, 0.15) is 11.6 Å². The number of fused-ring (bicyclic) bond motifs is 2. The minimum atomic E-state index is -3.61. The Balaban J connectivity index is 1.38. The molecule has 29 heavy (non-hydrogen) atoms. The number of nitrogens with zero attached hydrogens (tertiary/aromatic N) is 5. The maximum absolute atomic E-state index is 13.2. The predicted octanol–water partition coefficient (Wildman–Crippen LogP) is 2.55. The lowest BCUT2D eigenvalue weighted by molar-refractivity contribution is 0.228. The molecule has 2 aromatic heterocycles. The first-order valence-corrected chi connectivity index (χ1v) is 11.1. The molecule has 0 bridgehead atoms. The van der Waals surface area contributed by atoms with Crippen LogP contribution >= 0.6 is 0 Å². The van der Waals surface area contributed by atoms with Gasteiger partial charge >= 0.3 is 0 Å². The fourth-order valence-electron chi connectivity index (χ4n) is 4.63. The zero-order valence-corrected chi connectivity index (χ0v) is 16.9. The Morgan fingerprint density at radius 1 is 1.03 bits per heavy atom. The molecule has 9 heteroatoms. The standard InChI is InChI=1S/C20H22FN5O2S/c1-24-14-15(12-23-24)18-13-22-19-20(8-11-26(18)19)6-9-25(10-7-20)29(27,28)17-4-2-16(21)3-5-17/h2-5,12-14H,6-11H2,1H3. The summed E-state index contributed by atoms with van der Waals surface area (Å²) in [5.41, 5.74) is 2.01. The van der Waals surface area contributed by atoms with Crippen LogP contribution < -0.4 is 0 Å². The van der Waals surface area contributed by atoms with E-state index in [1.165, 1.54) is 28.6 Å². The van der Waals surface area contributed by atoms with Crippen molar-refractivity contribution in [2.45, 2.75) is 36.1 Å². The third-order valence-corrected chi connectivity index (χ3v) is 8.19. The van der Waals surface area contributed by atoms with Gasteiger partial charge in [0, 0.05) is 43.9 Å². The molecule has 1 fully saturated rings. The van der Waals surface area contributed by atoms with E-state index in [4.69, 9.17) is 4.98 Å². The van der Waals surface area contributed by atoms with Gasteiger partial charge in [0.15, 0.2) is 0 Å². The molecule has 152 valence electrons. The van der Waals surface area contributed by atoms with Gasteiger partial charge in [-0.3, -0.25) is 4.68 Å². The second-order valence-corrected chi connectivity index (χ2v) is 9.85. The number of benzene rings is 1. The van der Waals surface area contributed by atoms with Gasteiger partial charge < -0.3 is 4.57 Å². The summed E-state index contributed by atoms with van der Waals surface area (Å²) < 4.78 is 44.5. The van der Waals surface area contributed by atoms with Crippen molar-refractivity contribution in [3.8, 4) is 11.3 Å². The second kappa shape index (κ2) is 6.50. The summed E-state index contributed by atoms with van der Waals surface area (Å²) in [5, 5.41) is 4.25. The van der Waals surface area contributed by atoms with E-state index in [1.807, 2.05) is 25.6 Å². The van der Waals surface area contributed by atoms with E-state index >= 15 is 0 Å². The smallest absolute Gasteiger partial charge is 0.243 e. The third kappa shape index (κ3) is 2.91. The molecule has 0 radical (unpaired) electrons. The van der Waals surface area contributed by atoms with Gasteiger partial charge in [-0.15, -0.1) is 0 Å². The lowest BCUT2D eigenvalue weighted by Crippen LogP contribution is -2.44. The Labute approximate surface area is 168 Å². The number of hydrogen-bond acceptors (Lipinski definition) is 4. The Hall–Kier alpha value is -2.52. The minimum Gasteiger partial charge on any atom is -0.327 e. The Morgan fingerprint density at radius 3 is 2.38 bits per heavy atom. The second-order valence-electron chi connectivity index (χ2n) is 7.91. The third-order valence-electron chi connectivity index (χ3n) is 6.28. The van der Waals surface area contributed by atoms with Crippen LogP contribution in [-0.4, -0.2) is 45.1 Å². The molecule has 4 heterocycles. The summed E-state index contributed by atoms with van der Waals surface area (Å²) in [5.74, 6) is 0.610. The van der Waals surface area contributed by atoms with Crippen LogP contribution in [0.25, 0.3) is 11.3 Å². The summed E-state index contributed by atoms with van der Waals surface area (Å²) in [7, 11) is -1.72. The van der Waals surface area contributed by atoms with E-state index in [9.17, 15) is 12.8 Å². The molecule has 0 saturated carbocycles. The zero-order valence-electron chi connectivity index (χ0n) is 16.1. The van der Waals surface area contributed by atoms with Gasteiger partial charge in [-0.25, -0.2) is 17.8 Å². The maximum Gasteiger partial charge on any atom is 0.243 e. The average Bonchev–Trinajstić information content (AvgIpc) is 3.40. The van der Waals surface area contributed by atoms with Crippen LogP contribution in [0.3, 0.4) is 0 Å². The van der Waals surface area contributed by atoms with Crippen LogP contribution in [0.15, 0.2) is 47.8 Å². The SMILES string of the molecule is Cn1cc(-c2cnc3n2CCC32CCN(S(=O)(=O)c3ccc(F)cc3)CC2)cn1. The molecular weight excluding hydrogens is 393 g/mol. The van der Waals surface area contributed by atoms with Crippen molar-refractivity contribution < 1.29 is 12.8 Å². The molecule has 0 N–H and O–H groups in total. The molecule has 2 aliphatic heterocycles. The Bertz CT molecular complexity index is 1160. The number of halogens is 1. The van der Waals surface area contributed by atoms with Crippen molar-refractivity contribution in [2.24, 2.45) is 7.05 Å². The normalized spacial score (nSPS) is 19.0. The molecule has 2 aliphatic rings. The van der Waals surface area contributed by atoms with Gasteiger partial charge in [-0.1, -0.05) is 0 Å². The number of imidazole rings is 1. The van der Waals surface area contributed by atoms with Gasteiger partial charge in [0.05, 0.1) is 23.0 Å². The number of sulfonamides is 1. The van der Waals surface area contributed by atoms with Crippen molar-refractivity contribution in [3.05, 3.63) is 54.5 Å². The van der Waals surface area contributed by atoms with Crippen molar-refractivity contribution >= 4 is 10.0 Å². The molecule has 5 rings (SSSR count). The van der Waals surface area contributed by atoms with Crippen molar-refractivity contribution in [3.63, 3.8) is 0 Å². The van der Waals surface area contributed by atoms with Crippen molar-refractivity contribution in [2.75, 3.05) is 13.1 Å². The summed E-state index contributed by atoms with van der Waals surface area (Å²) in [6, 6.07) is 5.03. The first-order valence-electron chi connectivity index (χ1n) is 9.70. The number of rotatable bonds is 3. The van der Waals surface area contributed by atoms with Crippen LogP contribution in [0.2, 0.25) is 0 Å². The van der Waals surface area contributed by atoms with E-state index in [1.54, 1.807) is 4.68 Å². The quantitative estimate of drug-likeness (QED) is 0.659. The monoisotopic (exact) mass is 415 g/mol. The van der Waals surface area contributed by atoms with Crippen LogP contribution in [0.1, 0.15) is 25.1 Å². The number of piperidine rings is 1. The van der Waals surface area contributed by atoms with Crippen LogP contribution in [0, 0.1) is 5.82 Å². The van der Waals surface area contributed by atoms with E-state index in [0.29, 0.717) is 13.1 Å². The summed E-state index contributed by atoms with van der Waals surface area (Å²) >= 11 is 0. The Kier molecular flexibility index (Phi) is 4.15. The summed E-state index contributed by atoms with van der Waals surface area (Å²) in [6.45, 7) is 1.76. The fraction of sp³-hybridized carbons (Fsp3) is 0.400. The minimum absolute atomic E-state index is 0.0880. The van der Waals surface area contributed by atoms with Crippen molar-refractivity contribution in [1.29, 1.82) is 0 Å². The summed E-state index contributed by atoms with van der Waals surface area (Å²) in [6.07, 6.45) is 8.15. The van der Waals surface area contributed by atoms with Gasteiger partial charge in [-0.2, -0.15) is 9.40 Å². The molecule has 1 aromatic carbocycles. The van der Waals surface area contributed by atoms with Crippen LogP contribution in [0.5, 0.6) is 0 Å². The zero-order chi connectivity index (χ0) is 20.2. The Morgan fingerprint density at radius 2 is 1.72 bits per heavy atom. The molecule has 0 unspecified atom stereocenters. The van der Waals surface area contributed by atoms with E-state index < -0.39 is 15.8 Å². The van der Waals surface area contributed by atoms with Gasteiger partial charge in [0.25, 0.3) is 0 Å². The molecule has 7 nitrogen and oxygen atoms in total. The first-order chi connectivity index (χ1) is 13.9. The molecule has 1 spiro atoms. The van der Waals surface area contributed by atoms with Crippen LogP contribution in [0.4, 0.5) is 4.39 Å². The van der Waals surface area contributed by atoms with E-state index in [-0.39, 0.29) is 10.3 Å². The number of aryl methyl sites for hydroxylation is 1. The molecular formula is C20H22FN5O2S. The van der Waals surface area contributed by atoms with Crippen LogP contribution in [-0.2, 0) is 29.0 Å². The van der Waals surface area contributed by atoms with E-state index in [2.05, 4.69) is 9.67 Å². The summed E-state index contributed by atoms with van der Waals surface area (Å²) in [4.78, 5) is 4.87. The highest BCUT2D eigenvalue weighted by Crippen LogP contribution is 2.45. The largest absolute Gasteiger partial charge is 0.327 e. The van der Waals surface area contributed by atoms with Gasteiger partial charge in [-0.05, 0) is 43.5 Å². The predicted molar refractivity (Wildman–Crippen MR) is 105 cm³/mol. The van der Waals surface area contributed by atoms with E-state index in [0.717, 1.165) is 42.9 Å². The lowest BCUT2D eigenvalue weighted by atomic mass is 9.77. The highest BCUT2D eigenvalue weighted by atomic mass is 32.2. The first kappa shape index (κ1) is 18.5. The highest BCUT2D eigenvalue weighted by molar-refractivity contribution is 7.89. The van der Waals surface area contributed by atoms with Crippen molar-refractivity contribution in [1.82, 2.24) is 23.6 Å². The maximum atomic E-state index is 13.2. The molecule has 1 saturated heterocycles. The number of hydrogen-bond donors (Lipinski definition) is 0. The highest BCUT2D eigenvalue weighted by Gasteiger charge is 2.45. The number of aromatic nitrogens is 4. The molecule has 0 amide bonds. The van der Waals surface area contributed by atoms with Gasteiger partial charge in [0.2, 0.25) is 10.0 Å².